The van der Waals surface area contributed by atoms with Gasteiger partial charge >= 0.3 is 0 Å². The highest BCUT2D eigenvalue weighted by Gasteiger charge is 2.16. The molecule has 0 aliphatic carbocycles. The first kappa shape index (κ1) is 15.8. The summed E-state index contributed by atoms with van der Waals surface area (Å²) >= 11 is 5.86. The lowest BCUT2D eigenvalue weighted by Crippen LogP contribution is -2.14. The van der Waals surface area contributed by atoms with Crippen LogP contribution >= 0.6 is 11.6 Å². The molecule has 3 aromatic carbocycles. The molecule has 0 fully saturated rings. The van der Waals surface area contributed by atoms with E-state index in [-0.39, 0.29) is 11.5 Å². The first-order valence-electron chi connectivity index (χ1n) is 6.90. The van der Waals surface area contributed by atoms with Crippen LogP contribution in [0, 0.1) is 0 Å². The molecular formula is C17H14ClNO3S. The molecule has 0 aromatic heterocycles. The molecule has 2 N–H and O–H groups in total. The Bertz CT molecular complexity index is 970. The third kappa shape index (κ3) is 3.32. The molecule has 0 heterocycles. The van der Waals surface area contributed by atoms with E-state index in [2.05, 4.69) is 4.72 Å². The number of fused-ring (bicyclic) bond motifs is 1. The molecule has 6 heteroatoms. The first-order valence-corrected chi connectivity index (χ1v) is 8.76. The lowest BCUT2D eigenvalue weighted by molar-refractivity contribution is 0.282. The minimum Gasteiger partial charge on any atom is -0.392 e. The second-order valence-electron chi connectivity index (χ2n) is 5.07. The summed E-state index contributed by atoms with van der Waals surface area (Å²) in [5.74, 6) is 0. The van der Waals surface area contributed by atoms with Crippen molar-refractivity contribution in [3.05, 3.63) is 71.2 Å². The van der Waals surface area contributed by atoms with Crippen molar-refractivity contribution in [1.29, 1.82) is 0 Å². The van der Waals surface area contributed by atoms with E-state index >= 15 is 0 Å². The van der Waals surface area contributed by atoms with Crippen LogP contribution in [0.2, 0.25) is 5.02 Å². The Morgan fingerprint density at radius 1 is 0.957 bits per heavy atom. The van der Waals surface area contributed by atoms with Crippen molar-refractivity contribution in [3.8, 4) is 0 Å². The number of benzene rings is 3. The molecule has 0 saturated heterocycles. The fraction of sp³-hybridized carbons (Fsp3) is 0.0588. The van der Waals surface area contributed by atoms with Gasteiger partial charge in [-0.05, 0) is 41.1 Å². The Morgan fingerprint density at radius 2 is 1.70 bits per heavy atom. The molecule has 0 atom stereocenters. The summed E-state index contributed by atoms with van der Waals surface area (Å²) in [5.41, 5.74) is 0.729. The molecule has 0 aliphatic rings. The number of aliphatic hydroxyl groups excluding tert-OH is 1. The first-order chi connectivity index (χ1) is 11.0. The van der Waals surface area contributed by atoms with E-state index in [9.17, 15) is 13.5 Å². The molecule has 3 aromatic rings. The molecule has 0 saturated carbocycles. The van der Waals surface area contributed by atoms with Crippen LogP contribution in [0.25, 0.3) is 10.8 Å². The van der Waals surface area contributed by atoms with Crippen LogP contribution in [-0.4, -0.2) is 13.5 Å². The minimum absolute atomic E-state index is 0.162. The zero-order valence-corrected chi connectivity index (χ0v) is 13.6. The highest BCUT2D eigenvalue weighted by atomic mass is 35.5. The summed E-state index contributed by atoms with van der Waals surface area (Å²) < 4.78 is 27.6. The Kier molecular flexibility index (Phi) is 4.26. The van der Waals surface area contributed by atoms with Crippen LogP contribution in [0.4, 0.5) is 5.69 Å². The van der Waals surface area contributed by atoms with Crippen LogP contribution in [0.5, 0.6) is 0 Å². The van der Waals surface area contributed by atoms with Crippen molar-refractivity contribution in [2.24, 2.45) is 0 Å². The summed E-state index contributed by atoms with van der Waals surface area (Å²) in [6, 6.07) is 17.1. The standard InChI is InChI=1S/C17H14ClNO3S/c18-15-6-8-17(14(9-15)11-20)19-23(21,22)16-7-5-12-3-1-2-4-13(12)10-16/h1-10,19-20H,11H2. The predicted octanol–water partition coefficient (Wildman–Crippen LogP) is 3.79. The van der Waals surface area contributed by atoms with Gasteiger partial charge in [0, 0.05) is 10.6 Å². The number of aliphatic hydroxyl groups is 1. The maximum Gasteiger partial charge on any atom is 0.261 e. The van der Waals surface area contributed by atoms with Crippen molar-refractivity contribution in [2.45, 2.75) is 11.5 Å². The highest BCUT2D eigenvalue weighted by molar-refractivity contribution is 7.92. The van der Waals surface area contributed by atoms with Gasteiger partial charge in [0.15, 0.2) is 0 Å². The van der Waals surface area contributed by atoms with Crippen LogP contribution in [0.1, 0.15) is 5.56 Å². The number of hydrogen-bond acceptors (Lipinski definition) is 3. The SMILES string of the molecule is O=S(=O)(Nc1ccc(Cl)cc1CO)c1ccc2ccccc2c1. The average Bonchev–Trinajstić information content (AvgIpc) is 2.55. The van der Waals surface area contributed by atoms with E-state index in [1.165, 1.54) is 12.1 Å². The van der Waals surface area contributed by atoms with Crippen LogP contribution < -0.4 is 4.72 Å². The Balaban J connectivity index is 2.00. The summed E-state index contributed by atoms with van der Waals surface area (Å²) in [6.45, 7) is -0.309. The minimum atomic E-state index is -3.75. The molecular weight excluding hydrogens is 334 g/mol. The van der Waals surface area contributed by atoms with Gasteiger partial charge in [0.2, 0.25) is 0 Å². The fourth-order valence-corrected chi connectivity index (χ4v) is 3.66. The van der Waals surface area contributed by atoms with Gasteiger partial charge in [-0.1, -0.05) is 41.9 Å². The van der Waals surface area contributed by atoms with Crippen LogP contribution in [0.15, 0.2) is 65.6 Å². The van der Waals surface area contributed by atoms with E-state index < -0.39 is 10.0 Å². The third-order valence-electron chi connectivity index (χ3n) is 3.51. The number of sulfonamides is 1. The van der Waals surface area contributed by atoms with Gasteiger partial charge in [-0.3, -0.25) is 4.72 Å². The van der Waals surface area contributed by atoms with Crippen molar-refractivity contribution in [2.75, 3.05) is 4.72 Å². The second-order valence-corrected chi connectivity index (χ2v) is 7.19. The molecule has 3 rings (SSSR count). The quantitative estimate of drug-likeness (QED) is 0.754. The van der Waals surface area contributed by atoms with Gasteiger partial charge in [-0.15, -0.1) is 0 Å². The van der Waals surface area contributed by atoms with Crippen molar-refractivity contribution in [1.82, 2.24) is 0 Å². The average molecular weight is 348 g/mol. The zero-order chi connectivity index (χ0) is 16.4. The van der Waals surface area contributed by atoms with E-state index in [1.807, 2.05) is 24.3 Å². The largest absolute Gasteiger partial charge is 0.392 e. The molecule has 0 radical (unpaired) electrons. The van der Waals surface area contributed by atoms with Gasteiger partial charge in [-0.2, -0.15) is 0 Å². The Labute approximate surface area is 139 Å². The lowest BCUT2D eigenvalue weighted by Gasteiger charge is -2.12. The van der Waals surface area contributed by atoms with E-state index in [4.69, 9.17) is 11.6 Å². The predicted molar refractivity (Wildman–Crippen MR) is 92.1 cm³/mol. The number of rotatable bonds is 4. The molecule has 4 nitrogen and oxygen atoms in total. The summed E-state index contributed by atoms with van der Waals surface area (Å²) in [5, 5.41) is 11.6. The van der Waals surface area contributed by atoms with E-state index in [0.29, 0.717) is 16.3 Å². The lowest BCUT2D eigenvalue weighted by atomic mass is 10.1. The van der Waals surface area contributed by atoms with Gasteiger partial charge in [0.1, 0.15) is 0 Å². The van der Waals surface area contributed by atoms with Crippen molar-refractivity contribution >= 4 is 38.1 Å². The maximum absolute atomic E-state index is 12.6. The molecule has 0 amide bonds. The molecule has 0 unspecified atom stereocenters. The van der Waals surface area contributed by atoms with Gasteiger partial charge in [0.25, 0.3) is 10.0 Å². The topological polar surface area (TPSA) is 66.4 Å². The number of halogens is 1. The highest BCUT2D eigenvalue weighted by Crippen LogP contribution is 2.25. The van der Waals surface area contributed by atoms with Gasteiger partial charge in [-0.25, -0.2) is 8.42 Å². The molecule has 0 spiro atoms. The number of nitrogens with one attached hydrogen (secondary N) is 1. The Morgan fingerprint density at radius 3 is 2.43 bits per heavy atom. The number of anilines is 1. The van der Waals surface area contributed by atoms with Crippen molar-refractivity contribution < 1.29 is 13.5 Å². The smallest absolute Gasteiger partial charge is 0.261 e. The molecule has 0 bridgehead atoms. The summed E-state index contributed by atoms with van der Waals surface area (Å²) in [6.07, 6.45) is 0. The number of hydrogen-bond donors (Lipinski definition) is 2. The van der Waals surface area contributed by atoms with Crippen LogP contribution in [0.3, 0.4) is 0 Å². The third-order valence-corrected chi connectivity index (χ3v) is 5.11. The maximum atomic E-state index is 12.6. The normalized spacial score (nSPS) is 11.6. The molecule has 0 aliphatic heterocycles. The van der Waals surface area contributed by atoms with Gasteiger partial charge in [0.05, 0.1) is 17.2 Å². The van der Waals surface area contributed by atoms with Gasteiger partial charge < -0.3 is 5.11 Å². The summed E-state index contributed by atoms with van der Waals surface area (Å²) in [7, 11) is -3.75. The molecule has 118 valence electrons. The fourth-order valence-electron chi connectivity index (χ4n) is 2.33. The second kappa shape index (κ2) is 6.20. The van der Waals surface area contributed by atoms with Crippen molar-refractivity contribution in [3.63, 3.8) is 0 Å². The monoisotopic (exact) mass is 347 g/mol. The molecule has 23 heavy (non-hydrogen) atoms. The van der Waals surface area contributed by atoms with E-state index in [0.717, 1.165) is 10.8 Å². The Hall–Kier alpha value is -2.08. The summed E-state index contributed by atoms with van der Waals surface area (Å²) in [4.78, 5) is 0.162. The van der Waals surface area contributed by atoms with E-state index in [1.54, 1.807) is 24.3 Å². The zero-order valence-electron chi connectivity index (χ0n) is 12.0. The van der Waals surface area contributed by atoms with Crippen LogP contribution in [-0.2, 0) is 16.6 Å².